The fraction of sp³-hybridized carbons (Fsp3) is 0.389. The first-order valence-electron chi connectivity index (χ1n) is 15.5. The van der Waals surface area contributed by atoms with Crippen molar-refractivity contribution in [2.45, 2.75) is 80.1 Å². The van der Waals surface area contributed by atoms with E-state index in [-0.39, 0.29) is 24.2 Å². The van der Waals surface area contributed by atoms with E-state index >= 15 is 17.6 Å². The maximum atomic E-state index is 17.0. The molecule has 9 heteroatoms. The van der Waals surface area contributed by atoms with Crippen LogP contribution in [0.1, 0.15) is 80.1 Å². The van der Waals surface area contributed by atoms with Gasteiger partial charge in [0.1, 0.15) is 0 Å². The Labute approximate surface area is 267 Å². The number of hydrogen-bond donors (Lipinski definition) is 2. The number of carbonyl (C=O) groups excluding carboxylic acids is 2. The second-order valence-electron chi connectivity index (χ2n) is 13.1. The van der Waals surface area contributed by atoms with E-state index in [2.05, 4.69) is 10.6 Å². The third-order valence-electron chi connectivity index (χ3n) is 8.91. The number of nitrogens with one attached hydrogen (secondary N) is 2. The van der Waals surface area contributed by atoms with Crippen LogP contribution < -0.4 is 18.4 Å². The van der Waals surface area contributed by atoms with Crippen LogP contribution in [0.5, 0.6) is 0 Å². The summed E-state index contributed by atoms with van der Waals surface area (Å²) in [6, 6.07) is 4.43. The van der Waals surface area contributed by atoms with Crippen LogP contribution >= 0.6 is 0 Å². The summed E-state index contributed by atoms with van der Waals surface area (Å²) >= 11 is -5.14. The molecule has 0 aromatic heterocycles. The molecule has 0 heterocycles. The van der Waals surface area contributed by atoms with Gasteiger partial charge in [0, 0.05) is 0 Å². The Morgan fingerprint density at radius 2 is 1.07 bits per heavy atom. The van der Waals surface area contributed by atoms with Crippen LogP contribution in [-0.2, 0) is 26.2 Å². The topological polar surface area (TPSA) is 58.2 Å². The Balaban J connectivity index is 2.02. The van der Waals surface area contributed by atoms with Crippen LogP contribution in [0, 0.1) is 34.1 Å². The van der Waals surface area contributed by atoms with Gasteiger partial charge in [0.15, 0.2) is 0 Å². The molecule has 0 radical (unpaired) electrons. The molecule has 2 amide bonds. The summed E-state index contributed by atoms with van der Waals surface area (Å²) in [5, 5.41) is 5.28. The Morgan fingerprint density at radius 3 is 1.38 bits per heavy atom. The molecule has 4 rings (SSSR count). The number of rotatable bonds is 12. The van der Waals surface area contributed by atoms with Gasteiger partial charge in [-0.1, -0.05) is 0 Å². The summed E-state index contributed by atoms with van der Waals surface area (Å²) < 4.78 is 66.8. The predicted octanol–water partition coefficient (Wildman–Crippen LogP) is 8.56. The van der Waals surface area contributed by atoms with E-state index < -0.39 is 70.2 Å². The third kappa shape index (κ3) is 6.55. The van der Waals surface area contributed by atoms with Crippen molar-refractivity contribution in [1.29, 1.82) is 0 Å². The third-order valence-corrected chi connectivity index (χ3v) is 16.9. The molecule has 0 saturated carbocycles. The fourth-order valence-corrected chi connectivity index (χ4v) is 14.7. The normalized spacial score (nSPS) is 14.9. The van der Waals surface area contributed by atoms with Crippen molar-refractivity contribution in [1.82, 2.24) is 0 Å². The summed E-state index contributed by atoms with van der Waals surface area (Å²) in [6.45, 7) is 10.8. The number of anilines is 2. The Kier molecular flexibility index (Phi) is 10.5. The molecular weight excluding hydrogens is 616 g/mol. The number of amides is 2. The van der Waals surface area contributed by atoms with Crippen molar-refractivity contribution < 1.29 is 43.7 Å². The van der Waals surface area contributed by atoms with Crippen molar-refractivity contribution in [2.75, 3.05) is 10.6 Å². The van der Waals surface area contributed by atoms with Crippen molar-refractivity contribution >= 4 is 30.9 Å². The second kappa shape index (κ2) is 13.6. The Bertz CT molecular complexity index is 1500. The SMILES string of the molecule is CCCC(C)(C)C(=O)Nc1ccc(F)[c]([Ti]([C]2=CC=CC2)([C]2=CC=CC2)[c]2c(F)ccc(NC(=O)C(C)(C)CCC)c2F)c1F. The van der Waals surface area contributed by atoms with Crippen molar-refractivity contribution in [3.63, 3.8) is 0 Å². The molecule has 4 nitrogen and oxygen atoms in total. The molecule has 2 N–H and O–H groups in total. The standard InChI is InChI=1S/2C13H16F2NO.2C5H5.Ti/c2*1-4-7-13(2,3)12(17)16-11-6-5-9(14)8-10(11)15;2*1-2-4-5-3-1;/h2*5-6H,4,7H2,1-3H3,(H,16,17);2*1-3H,4H2;. The van der Waals surface area contributed by atoms with E-state index in [0.717, 1.165) is 37.1 Å². The number of allylic oxidation sites excluding steroid dienone is 8. The number of benzene rings is 2. The molecule has 0 spiro atoms. The molecule has 2 aliphatic carbocycles. The number of carbonyl (C=O) groups is 2. The van der Waals surface area contributed by atoms with Gasteiger partial charge in [0.25, 0.3) is 0 Å². The van der Waals surface area contributed by atoms with Gasteiger partial charge in [0.05, 0.1) is 0 Å². The molecule has 0 bridgehead atoms. The van der Waals surface area contributed by atoms with E-state index in [1.807, 2.05) is 13.8 Å². The molecule has 0 unspecified atom stereocenters. The van der Waals surface area contributed by atoms with Crippen LogP contribution in [0.25, 0.3) is 0 Å². The minimum absolute atomic E-state index is 0.245. The molecule has 0 fully saturated rings. The van der Waals surface area contributed by atoms with E-state index in [9.17, 15) is 9.59 Å². The quantitative estimate of drug-likeness (QED) is 0.177. The Hall–Kier alpha value is -3.23. The van der Waals surface area contributed by atoms with Crippen molar-refractivity contribution in [2.24, 2.45) is 10.8 Å². The van der Waals surface area contributed by atoms with Gasteiger partial charge in [-0.3, -0.25) is 0 Å². The Morgan fingerprint density at radius 1 is 0.689 bits per heavy atom. The first-order chi connectivity index (χ1) is 21.2. The average molecular weight is 659 g/mol. The van der Waals surface area contributed by atoms with Crippen LogP contribution in [0.4, 0.5) is 28.9 Å². The molecule has 45 heavy (non-hydrogen) atoms. The average Bonchev–Trinajstić information content (AvgIpc) is 3.71. The zero-order valence-electron chi connectivity index (χ0n) is 26.8. The molecule has 2 aromatic rings. The van der Waals surface area contributed by atoms with Gasteiger partial charge >= 0.3 is 268 Å². The van der Waals surface area contributed by atoms with Crippen LogP contribution in [0.2, 0.25) is 0 Å². The second-order valence-corrected chi connectivity index (χ2v) is 19.1. The number of hydrogen-bond acceptors (Lipinski definition) is 2. The van der Waals surface area contributed by atoms with Crippen molar-refractivity contribution in [3.8, 4) is 0 Å². The van der Waals surface area contributed by atoms with Gasteiger partial charge in [-0.05, 0) is 0 Å². The van der Waals surface area contributed by atoms with Gasteiger partial charge in [0.2, 0.25) is 0 Å². The fourth-order valence-electron chi connectivity index (χ4n) is 6.47. The summed E-state index contributed by atoms with van der Waals surface area (Å²) in [5.74, 6) is -4.88. The first-order valence-corrected chi connectivity index (χ1v) is 18.7. The molecule has 0 atom stereocenters. The van der Waals surface area contributed by atoms with Crippen LogP contribution in [-0.4, -0.2) is 11.8 Å². The van der Waals surface area contributed by atoms with E-state index in [1.54, 1.807) is 64.2 Å². The zero-order chi connectivity index (χ0) is 33.2. The monoisotopic (exact) mass is 658 g/mol. The predicted molar refractivity (Wildman–Crippen MR) is 170 cm³/mol. The minimum atomic E-state index is -5.14. The van der Waals surface area contributed by atoms with Gasteiger partial charge in [-0.2, -0.15) is 0 Å². The zero-order valence-corrected chi connectivity index (χ0v) is 28.4. The number of halogens is 4. The molecule has 2 aliphatic rings. The molecular formula is C36H42F4N2O2Ti. The van der Waals surface area contributed by atoms with Crippen molar-refractivity contribution in [3.05, 3.63) is 91.7 Å². The summed E-state index contributed by atoms with van der Waals surface area (Å²) in [4.78, 5) is 26.5. The first kappa shape index (κ1) is 34.6. The van der Waals surface area contributed by atoms with Crippen LogP contribution in [0.3, 0.4) is 0 Å². The molecule has 2 aromatic carbocycles. The molecule has 240 valence electrons. The maximum absolute atomic E-state index is 17.0. The van der Waals surface area contributed by atoms with E-state index in [0.29, 0.717) is 20.6 Å². The van der Waals surface area contributed by atoms with Crippen LogP contribution in [0.15, 0.2) is 68.5 Å². The van der Waals surface area contributed by atoms with E-state index in [4.69, 9.17) is 0 Å². The molecule has 0 aliphatic heterocycles. The van der Waals surface area contributed by atoms with Gasteiger partial charge < -0.3 is 0 Å². The van der Waals surface area contributed by atoms with E-state index in [1.165, 1.54) is 0 Å². The summed E-state index contributed by atoms with van der Waals surface area (Å²) in [5.41, 5.74) is -2.17. The van der Waals surface area contributed by atoms with Gasteiger partial charge in [-0.15, -0.1) is 0 Å². The van der Waals surface area contributed by atoms with Gasteiger partial charge in [-0.25, -0.2) is 0 Å². The molecule has 0 saturated heterocycles. The summed E-state index contributed by atoms with van der Waals surface area (Å²) in [6.07, 6.45) is 13.4. The summed E-state index contributed by atoms with van der Waals surface area (Å²) in [7, 11) is 0.